The number of carbonyl (C=O) groups is 2. The zero-order valence-corrected chi connectivity index (χ0v) is 16.1. The lowest BCUT2D eigenvalue weighted by molar-refractivity contribution is -0.153. The van der Waals surface area contributed by atoms with E-state index in [1.807, 2.05) is 26.0 Å². The average molecular weight is 369 g/mol. The number of rotatable bonds is 3. The third-order valence-corrected chi connectivity index (χ3v) is 5.99. The molecule has 1 aromatic rings. The second-order valence-corrected chi connectivity index (χ2v) is 7.99. The maximum absolute atomic E-state index is 13.2. The van der Waals surface area contributed by atoms with Crippen LogP contribution in [-0.4, -0.2) is 23.6 Å². The van der Waals surface area contributed by atoms with Crippen molar-refractivity contribution in [2.45, 2.75) is 77.2 Å². The molecule has 0 spiro atoms. The van der Waals surface area contributed by atoms with E-state index in [9.17, 15) is 9.59 Å². The number of furan rings is 1. The number of nitrogens with zero attached hydrogens (tertiary/aromatic N) is 1. The summed E-state index contributed by atoms with van der Waals surface area (Å²) >= 11 is 0. The molecule has 0 bridgehead atoms. The summed E-state index contributed by atoms with van der Waals surface area (Å²) in [6, 6.07) is 3.76. The molecule has 0 aromatic carbocycles. The number of hydrogen-bond acceptors (Lipinski definition) is 5. The molecular formula is C22H27NO4. The lowest BCUT2D eigenvalue weighted by Crippen LogP contribution is -2.38. The summed E-state index contributed by atoms with van der Waals surface area (Å²) in [5.74, 6) is 0.243. The zero-order valence-electron chi connectivity index (χ0n) is 16.1. The van der Waals surface area contributed by atoms with Gasteiger partial charge in [-0.3, -0.25) is 14.6 Å². The van der Waals surface area contributed by atoms with E-state index in [0.717, 1.165) is 55.7 Å². The van der Waals surface area contributed by atoms with Crippen LogP contribution in [0.15, 0.2) is 32.8 Å². The second kappa shape index (κ2) is 7.45. The molecule has 2 heterocycles. The summed E-state index contributed by atoms with van der Waals surface area (Å²) in [4.78, 5) is 30.6. The molecule has 1 saturated carbocycles. The van der Waals surface area contributed by atoms with Crippen LogP contribution < -0.4 is 0 Å². The number of hydrogen-bond donors (Lipinski definition) is 0. The maximum Gasteiger partial charge on any atom is 0.316 e. The van der Waals surface area contributed by atoms with Crippen LogP contribution in [0.2, 0.25) is 0 Å². The molecule has 2 aliphatic carbocycles. The predicted octanol–water partition coefficient (Wildman–Crippen LogP) is 4.65. The van der Waals surface area contributed by atoms with Crippen LogP contribution in [-0.2, 0) is 14.3 Å². The van der Waals surface area contributed by atoms with Gasteiger partial charge in [0.15, 0.2) is 5.78 Å². The summed E-state index contributed by atoms with van der Waals surface area (Å²) in [6.07, 6.45) is 7.34. The van der Waals surface area contributed by atoms with Crippen LogP contribution in [0, 0.1) is 12.8 Å². The lowest BCUT2D eigenvalue weighted by atomic mass is 9.74. The predicted molar refractivity (Wildman–Crippen MR) is 102 cm³/mol. The first-order valence-corrected chi connectivity index (χ1v) is 10.1. The Morgan fingerprint density at radius 2 is 1.89 bits per heavy atom. The van der Waals surface area contributed by atoms with Gasteiger partial charge in [-0.05, 0) is 64.5 Å². The fourth-order valence-corrected chi connectivity index (χ4v) is 4.66. The fourth-order valence-electron chi connectivity index (χ4n) is 4.66. The van der Waals surface area contributed by atoms with E-state index in [1.54, 1.807) is 0 Å². The first kappa shape index (κ1) is 18.2. The van der Waals surface area contributed by atoms with Crippen LogP contribution in [0.5, 0.6) is 0 Å². The number of aliphatic imine (C=N–C) groups is 1. The average Bonchev–Trinajstić information content (AvgIpc) is 3.07. The zero-order chi connectivity index (χ0) is 19.0. The van der Waals surface area contributed by atoms with Crippen molar-refractivity contribution in [2.75, 3.05) is 0 Å². The van der Waals surface area contributed by atoms with Crippen LogP contribution in [0.1, 0.15) is 75.7 Å². The van der Waals surface area contributed by atoms with Crippen molar-refractivity contribution >= 4 is 17.5 Å². The number of allylic oxidation sites excluding steroid dienone is 2. The molecule has 1 fully saturated rings. The SMILES string of the molecule is CC1=NC2=C(C(=O)CCC2)C(c2ccc(C)o2)C1C(=O)OC1CCCCC1. The van der Waals surface area contributed by atoms with E-state index in [0.29, 0.717) is 17.8 Å². The number of aryl methyl sites for hydroxylation is 1. The molecule has 1 aromatic heterocycles. The summed E-state index contributed by atoms with van der Waals surface area (Å²) in [5.41, 5.74) is 2.21. The molecular weight excluding hydrogens is 342 g/mol. The standard InChI is InChI=1S/C22H27NO4/c1-13-11-12-18(26-13)21-19(22(25)27-15-7-4-3-5-8-15)14(2)23-16-9-6-10-17(24)20(16)21/h11-12,15,19,21H,3-10H2,1-2H3. The molecule has 2 atom stereocenters. The highest BCUT2D eigenvalue weighted by Gasteiger charge is 2.45. The van der Waals surface area contributed by atoms with E-state index >= 15 is 0 Å². The van der Waals surface area contributed by atoms with Crippen LogP contribution in [0.25, 0.3) is 0 Å². The Morgan fingerprint density at radius 3 is 2.59 bits per heavy atom. The number of Topliss-reactive ketones (excluding diaryl/α,β-unsaturated/α-hetero) is 1. The molecule has 27 heavy (non-hydrogen) atoms. The first-order chi connectivity index (χ1) is 13.0. The molecule has 0 saturated heterocycles. The number of ether oxygens (including phenoxy) is 1. The molecule has 3 aliphatic rings. The Morgan fingerprint density at radius 1 is 1.11 bits per heavy atom. The molecule has 5 nitrogen and oxygen atoms in total. The minimum Gasteiger partial charge on any atom is -0.466 e. The maximum atomic E-state index is 13.2. The topological polar surface area (TPSA) is 68.9 Å². The van der Waals surface area contributed by atoms with Crippen molar-refractivity contribution < 1.29 is 18.7 Å². The third-order valence-electron chi connectivity index (χ3n) is 5.99. The molecule has 144 valence electrons. The van der Waals surface area contributed by atoms with Crippen LogP contribution >= 0.6 is 0 Å². The molecule has 4 rings (SSSR count). The Labute approximate surface area is 159 Å². The van der Waals surface area contributed by atoms with Crippen molar-refractivity contribution in [3.05, 3.63) is 34.9 Å². The minimum atomic E-state index is -0.585. The van der Waals surface area contributed by atoms with Gasteiger partial charge in [-0.1, -0.05) is 6.42 Å². The largest absolute Gasteiger partial charge is 0.466 e. The Balaban J connectivity index is 1.70. The van der Waals surface area contributed by atoms with Crippen molar-refractivity contribution in [1.29, 1.82) is 0 Å². The van der Waals surface area contributed by atoms with E-state index in [2.05, 4.69) is 4.99 Å². The lowest BCUT2D eigenvalue weighted by Gasteiger charge is -2.34. The van der Waals surface area contributed by atoms with Gasteiger partial charge in [-0.15, -0.1) is 0 Å². The molecule has 1 aliphatic heterocycles. The van der Waals surface area contributed by atoms with Gasteiger partial charge in [0, 0.05) is 23.4 Å². The molecule has 5 heteroatoms. The molecule has 0 N–H and O–H groups in total. The van der Waals surface area contributed by atoms with Gasteiger partial charge in [0.1, 0.15) is 23.5 Å². The van der Waals surface area contributed by atoms with Crippen molar-refractivity contribution in [2.24, 2.45) is 10.9 Å². The van der Waals surface area contributed by atoms with Crippen molar-refractivity contribution in [3.63, 3.8) is 0 Å². The molecule has 2 unspecified atom stereocenters. The van der Waals surface area contributed by atoms with Crippen molar-refractivity contribution in [1.82, 2.24) is 0 Å². The van der Waals surface area contributed by atoms with Gasteiger partial charge in [-0.25, -0.2) is 0 Å². The highest BCUT2D eigenvalue weighted by atomic mass is 16.5. The van der Waals surface area contributed by atoms with Crippen molar-refractivity contribution in [3.8, 4) is 0 Å². The summed E-state index contributed by atoms with van der Waals surface area (Å²) in [6.45, 7) is 3.75. The monoisotopic (exact) mass is 369 g/mol. The number of esters is 1. The Kier molecular flexibility index (Phi) is 5.02. The van der Waals surface area contributed by atoms with Gasteiger partial charge in [0.05, 0.1) is 5.92 Å². The van der Waals surface area contributed by atoms with Gasteiger partial charge >= 0.3 is 5.97 Å². The van der Waals surface area contributed by atoms with E-state index in [-0.39, 0.29) is 17.9 Å². The summed E-state index contributed by atoms with van der Waals surface area (Å²) < 4.78 is 11.8. The normalized spacial score (nSPS) is 26.6. The van der Waals surface area contributed by atoms with Gasteiger partial charge in [0.25, 0.3) is 0 Å². The van der Waals surface area contributed by atoms with Gasteiger partial charge < -0.3 is 9.15 Å². The number of ketones is 1. The van der Waals surface area contributed by atoms with Crippen LogP contribution in [0.3, 0.4) is 0 Å². The molecule has 0 radical (unpaired) electrons. The highest BCUT2D eigenvalue weighted by Crippen LogP contribution is 2.44. The first-order valence-electron chi connectivity index (χ1n) is 10.1. The Bertz CT molecular complexity index is 810. The van der Waals surface area contributed by atoms with E-state index in [1.165, 1.54) is 6.42 Å². The van der Waals surface area contributed by atoms with E-state index < -0.39 is 11.8 Å². The third kappa shape index (κ3) is 3.52. The summed E-state index contributed by atoms with van der Waals surface area (Å²) in [5, 5.41) is 0. The molecule has 0 amide bonds. The van der Waals surface area contributed by atoms with E-state index in [4.69, 9.17) is 9.15 Å². The fraction of sp³-hybridized carbons (Fsp3) is 0.591. The smallest absolute Gasteiger partial charge is 0.316 e. The van der Waals surface area contributed by atoms with Crippen LogP contribution in [0.4, 0.5) is 0 Å². The number of carbonyl (C=O) groups excluding carboxylic acids is 2. The quantitative estimate of drug-likeness (QED) is 0.728. The second-order valence-electron chi connectivity index (χ2n) is 7.99. The minimum absolute atomic E-state index is 0.0181. The summed E-state index contributed by atoms with van der Waals surface area (Å²) in [7, 11) is 0. The van der Waals surface area contributed by atoms with Gasteiger partial charge in [0.2, 0.25) is 0 Å². The van der Waals surface area contributed by atoms with Gasteiger partial charge in [-0.2, -0.15) is 0 Å². The Hall–Kier alpha value is -2.17. The highest BCUT2D eigenvalue weighted by molar-refractivity contribution is 6.08.